The number of nitrogens with zero attached hydrogens (tertiary/aromatic N) is 2. The number of methoxy groups -OCH3 is 1. The second kappa shape index (κ2) is 9.57. The van der Waals surface area contributed by atoms with E-state index < -0.39 is 15.9 Å². The van der Waals surface area contributed by atoms with E-state index in [-0.39, 0.29) is 12.2 Å². The van der Waals surface area contributed by atoms with Crippen LogP contribution in [0.1, 0.15) is 18.4 Å². The largest absolute Gasteiger partial charge is 0.495 e. The summed E-state index contributed by atoms with van der Waals surface area (Å²) in [6, 6.07) is 12.7. The molecule has 0 atom stereocenters. The Kier molecular flexibility index (Phi) is 7.10. The summed E-state index contributed by atoms with van der Waals surface area (Å²) in [7, 11) is -2.30. The van der Waals surface area contributed by atoms with Crippen molar-refractivity contribution in [1.29, 1.82) is 0 Å². The number of halogens is 1. The van der Waals surface area contributed by atoms with Crippen LogP contribution in [0.2, 0.25) is 5.02 Å². The molecule has 1 saturated heterocycles. The number of benzene rings is 2. The monoisotopic (exact) mass is 451 g/mol. The second-order valence-corrected chi connectivity index (χ2v) is 9.57. The molecular formula is C21H26ClN3O4S. The van der Waals surface area contributed by atoms with Crippen LogP contribution in [0.4, 0.5) is 11.4 Å². The van der Waals surface area contributed by atoms with Gasteiger partial charge in [-0.25, -0.2) is 8.42 Å². The van der Waals surface area contributed by atoms with Crippen molar-refractivity contribution in [1.82, 2.24) is 5.32 Å². The van der Waals surface area contributed by atoms with Crippen molar-refractivity contribution < 1.29 is 17.9 Å². The molecule has 9 heteroatoms. The van der Waals surface area contributed by atoms with Gasteiger partial charge < -0.3 is 15.0 Å². The van der Waals surface area contributed by atoms with Crippen LogP contribution in [-0.4, -0.2) is 47.3 Å². The zero-order chi connectivity index (χ0) is 21.7. The summed E-state index contributed by atoms with van der Waals surface area (Å²) in [5.74, 6) is -0.110. The quantitative estimate of drug-likeness (QED) is 0.667. The summed E-state index contributed by atoms with van der Waals surface area (Å²) in [5.41, 5.74) is 2.34. The van der Waals surface area contributed by atoms with Gasteiger partial charge in [-0.3, -0.25) is 9.10 Å². The first-order valence-electron chi connectivity index (χ1n) is 9.70. The van der Waals surface area contributed by atoms with Crippen LogP contribution < -0.4 is 19.3 Å². The van der Waals surface area contributed by atoms with E-state index in [1.54, 1.807) is 12.1 Å². The standard InChI is InChI=1S/C21H26ClN3O4S/c1-29-20-10-7-17(22)13-19(20)25(30(2,27)28)15-21(26)23-14-16-5-8-18(9-6-16)24-11-3-4-12-24/h5-10,13H,3-4,11-12,14-15H2,1-2H3,(H,23,26). The average molecular weight is 452 g/mol. The van der Waals surface area contributed by atoms with Gasteiger partial charge in [0, 0.05) is 30.3 Å². The van der Waals surface area contributed by atoms with E-state index >= 15 is 0 Å². The Labute approximate surface area is 182 Å². The van der Waals surface area contributed by atoms with Crippen molar-refractivity contribution in [3.8, 4) is 5.75 Å². The molecule has 1 aliphatic rings. The summed E-state index contributed by atoms with van der Waals surface area (Å²) in [4.78, 5) is 14.8. The molecule has 0 saturated carbocycles. The van der Waals surface area contributed by atoms with Crippen LogP contribution in [0.5, 0.6) is 5.75 Å². The molecule has 0 bridgehead atoms. The lowest BCUT2D eigenvalue weighted by atomic mass is 10.2. The molecule has 162 valence electrons. The van der Waals surface area contributed by atoms with E-state index in [1.807, 2.05) is 24.3 Å². The smallest absolute Gasteiger partial charge is 0.241 e. The summed E-state index contributed by atoms with van der Waals surface area (Å²) in [6.45, 7) is 2.08. The summed E-state index contributed by atoms with van der Waals surface area (Å²) >= 11 is 6.02. The van der Waals surface area contributed by atoms with Crippen molar-refractivity contribution in [2.24, 2.45) is 0 Å². The van der Waals surface area contributed by atoms with Crippen LogP contribution in [-0.2, 0) is 21.4 Å². The number of hydrogen-bond acceptors (Lipinski definition) is 5. The first kappa shape index (κ1) is 22.2. The highest BCUT2D eigenvalue weighted by atomic mass is 35.5. The van der Waals surface area contributed by atoms with Crippen molar-refractivity contribution >= 4 is 38.9 Å². The third-order valence-corrected chi connectivity index (χ3v) is 6.36. The van der Waals surface area contributed by atoms with Crippen LogP contribution in [0, 0.1) is 0 Å². The number of anilines is 2. The Morgan fingerprint density at radius 2 is 1.83 bits per heavy atom. The molecule has 7 nitrogen and oxygen atoms in total. The molecule has 0 aliphatic carbocycles. The first-order valence-corrected chi connectivity index (χ1v) is 11.9. The molecule has 0 unspecified atom stereocenters. The Balaban J connectivity index is 1.66. The SMILES string of the molecule is COc1ccc(Cl)cc1N(CC(=O)NCc1ccc(N2CCCC2)cc1)S(C)(=O)=O. The number of sulfonamides is 1. The molecule has 1 N–H and O–H groups in total. The molecule has 0 radical (unpaired) electrons. The summed E-state index contributed by atoms with van der Waals surface area (Å²) in [6.07, 6.45) is 3.47. The Bertz CT molecular complexity index is 990. The molecule has 2 aromatic carbocycles. The normalized spacial score (nSPS) is 13.9. The molecule has 3 rings (SSSR count). The molecule has 1 amide bonds. The third kappa shape index (κ3) is 5.58. The molecular weight excluding hydrogens is 426 g/mol. The molecule has 0 spiro atoms. The predicted molar refractivity (Wildman–Crippen MR) is 120 cm³/mol. The fourth-order valence-electron chi connectivity index (χ4n) is 3.43. The molecule has 2 aromatic rings. The minimum Gasteiger partial charge on any atom is -0.495 e. The van der Waals surface area contributed by atoms with E-state index in [9.17, 15) is 13.2 Å². The van der Waals surface area contributed by atoms with Crippen molar-refractivity contribution in [2.45, 2.75) is 19.4 Å². The topological polar surface area (TPSA) is 79.0 Å². The van der Waals surface area contributed by atoms with Gasteiger partial charge in [-0.05, 0) is 48.7 Å². The molecule has 1 aliphatic heterocycles. The lowest BCUT2D eigenvalue weighted by molar-refractivity contribution is -0.119. The summed E-state index contributed by atoms with van der Waals surface area (Å²) < 4.78 is 30.9. The number of hydrogen-bond donors (Lipinski definition) is 1. The average Bonchev–Trinajstić information content (AvgIpc) is 3.25. The van der Waals surface area contributed by atoms with Crippen LogP contribution in [0.15, 0.2) is 42.5 Å². The predicted octanol–water partition coefficient (Wildman–Crippen LogP) is 3.03. The Hall–Kier alpha value is -2.45. The number of nitrogens with one attached hydrogen (secondary N) is 1. The van der Waals surface area contributed by atoms with Crippen LogP contribution in [0.3, 0.4) is 0 Å². The Morgan fingerprint density at radius 3 is 2.43 bits per heavy atom. The first-order chi connectivity index (χ1) is 14.3. The maximum absolute atomic E-state index is 12.5. The van der Waals surface area contributed by atoms with Crippen molar-refractivity contribution in [2.75, 3.05) is 42.2 Å². The van der Waals surface area contributed by atoms with E-state index in [0.29, 0.717) is 17.3 Å². The zero-order valence-corrected chi connectivity index (χ0v) is 18.7. The fraction of sp³-hybridized carbons (Fsp3) is 0.381. The van der Waals surface area contributed by atoms with Gasteiger partial charge >= 0.3 is 0 Å². The number of carbonyl (C=O) groups excluding carboxylic acids is 1. The van der Waals surface area contributed by atoms with Gasteiger partial charge in [0.1, 0.15) is 12.3 Å². The maximum Gasteiger partial charge on any atom is 0.241 e. The van der Waals surface area contributed by atoms with E-state index in [2.05, 4.69) is 10.2 Å². The minimum atomic E-state index is -3.73. The van der Waals surface area contributed by atoms with E-state index in [0.717, 1.165) is 29.2 Å². The summed E-state index contributed by atoms with van der Waals surface area (Å²) in [5, 5.41) is 3.13. The molecule has 1 heterocycles. The van der Waals surface area contributed by atoms with Gasteiger partial charge in [0.05, 0.1) is 19.1 Å². The number of rotatable bonds is 8. The number of ether oxygens (including phenoxy) is 1. The van der Waals surface area contributed by atoms with Crippen LogP contribution >= 0.6 is 11.6 Å². The van der Waals surface area contributed by atoms with Gasteiger partial charge in [-0.15, -0.1) is 0 Å². The van der Waals surface area contributed by atoms with Gasteiger partial charge in [0.15, 0.2) is 0 Å². The van der Waals surface area contributed by atoms with Crippen molar-refractivity contribution in [3.05, 3.63) is 53.1 Å². The van der Waals surface area contributed by atoms with Gasteiger partial charge in [0.2, 0.25) is 15.9 Å². The maximum atomic E-state index is 12.5. The zero-order valence-electron chi connectivity index (χ0n) is 17.1. The highest BCUT2D eigenvalue weighted by Crippen LogP contribution is 2.32. The van der Waals surface area contributed by atoms with E-state index in [4.69, 9.17) is 16.3 Å². The molecule has 0 aromatic heterocycles. The highest BCUT2D eigenvalue weighted by Gasteiger charge is 2.24. The minimum absolute atomic E-state index is 0.220. The second-order valence-electron chi connectivity index (χ2n) is 7.22. The lowest BCUT2D eigenvalue weighted by Gasteiger charge is -2.24. The van der Waals surface area contributed by atoms with Gasteiger partial charge in [-0.2, -0.15) is 0 Å². The third-order valence-electron chi connectivity index (χ3n) is 4.99. The van der Waals surface area contributed by atoms with Crippen LogP contribution in [0.25, 0.3) is 0 Å². The fourth-order valence-corrected chi connectivity index (χ4v) is 4.44. The number of amides is 1. The van der Waals surface area contributed by atoms with E-state index in [1.165, 1.54) is 31.7 Å². The molecule has 1 fully saturated rings. The number of carbonyl (C=O) groups is 1. The van der Waals surface area contributed by atoms with Gasteiger partial charge in [0.25, 0.3) is 0 Å². The van der Waals surface area contributed by atoms with Crippen molar-refractivity contribution in [3.63, 3.8) is 0 Å². The van der Waals surface area contributed by atoms with Gasteiger partial charge in [-0.1, -0.05) is 23.7 Å². The highest BCUT2D eigenvalue weighted by molar-refractivity contribution is 7.92. The molecule has 30 heavy (non-hydrogen) atoms. The Morgan fingerprint density at radius 1 is 1.17 bits per heavy atom. The lowest BCUT2D eigenvalue weighted by Crippen LogP contribution is -2.40.